The molecule has 0 saturated carbocycles. The SMILES string of the molecule is CCN(C)c1ccc2c(c1)C(C)N(C(=O)c1cc3ncc(Br)cn3n1)CC2. The zero-order valence-electron chi connectivity index (χ0n) is 15.7. The largest absolute Gasteiger partial charge is 0.375 e. The van der Waals surface area contributed by atoms with E-state index in [0.717, 1.165) is 17.4 Å². The van der Waals surface area contributed by atoms with E-state index in [0.29, 0.717) is 17.9 Å². The number of nitrogens with zero attached hydrogens (tertiary/aromatic N) is 5. The highest BCUT2D eigenvalue weighted by Gasteiger charge is 2.30. The zero-order valence-corrected chi connectivity index (χ0v) is 17.3. The van der Waals surface area contributed by atoms with E-state index >= 15 is 0 Å². The molecule has 1 amide bonds. The summed E-state index contributed by atoms with van der Waals surface area (Å²) in [4.78, 5) is 21.6. The third-order valence-electron chi connectivity index (χ3n) is 5.35. The monoisotopic (exact) mass is 427 g/mol. The number of hydrogen-bond donors (Lipinski definition) is 0. The molecule has 4 rings (SSSR count). The predicted octanol–water partition coefficient (Wildman–Crippen LogP) is 3.71. The number of anilines is 1. The number of aromatic nitrogens is 3. The summed E-state index contributed by atoms with van der Waals surface area (Å²) < 4.78 is 2.46. The fourth-order valence-corrected chi connectivity index (χ4v) is 3.90. The molecular formula is C20H22BrN5O. The topological polar surface area (TPSA) is 53.7 Å². The summed E-state index contributed by atoms with van der Waals surface area (Å²) in [6.45, 7) is 5.87. The summed E-state index contributed by atoms with van der Waals surface area (Å²) in [5, 5.41) is 4.42. The molecule has 0 bridgehead atoms. The second kappa shape index (κ2) is 6.96. The van der Waals surface area contributed by atoms with Gasteiger partial charge in [-0.3, -0.25) is 4.79 Å². The lowest BCUT2D eigenvalue weighted by Gasteiger charge is -2.35. The second-order valence-corrected chi connectivity index (χ2v) is 7.84. The van der Waals surface area contributed by atoms with Crippen molar-refractivity contribution in [1.82, 2.24) is 19.5 Å². The molecule has 0 radical (unpaired) electrons. The molecule has 140 valence electrons. The minimum Gasteiger partial charge on any atom is -0.375 e. The summed E-state index contributed by atoms with van der Waals surface area (Å²) in [6, 6.07) is 8.33. The third-order valence-corrected chi connectivity index (χ3v) is 5.76. The summed E-state index contributed by atoms with van der Waals surface area (Å²) in [6.07, 6.45) is 4.37. The molecule has 0 fully saturated rings. The first kappa shape index (κ1) is 18.0. The maximum atomic E-state index is 13.1. The molecule has 0 aliphatic carbocycles. The molecule has 0 saturated heterocycles. The molecule has 1 aromatic carbocycles. The van der Waals surface area contributed by atoms with Crippen LogP contribution in [0.3, 0.4) is 0 Å². The maximum absolute atomic E-state index is 13.1. The Hall–Kier alpha value is -2.41. The number of carbonyl (C=O) groups is 1. The van der Waals surface area contributed by atoms with Crippen LogP contribution in [0, 0.1) is 0 Å². The summed E-state index contributed by atoms with van der Waals surface area (Å²) in [5.41, 5.74) is 4.81. The molecule has 3 aromatic rings. The van der Waals surface area contributed by atoms with Gasteiger partial charge in [-0.1, -0.05) is 6.07 Å². The molecule has 1 aliphatic rings. The first-order chi connectivity index (χ1) is 13.0. The standard InChI is InChI=1S/C20H22BrN5O/c1-4-24(3)16-6-5-14-7-8-25(13(2)17(14)9-16)20(27)18-10-19-22-11-15(21)12-26(19)23-18/h5-6,9-13H,4,7-8H2,1-3H3. The molecule has 1 atom stereocenters. The molecule has 6 nitrogen and oxygen atoms in total. The zero-order chi connectivity index (χ0) is 19.1. The number of amides is 1. The van der Waals surface area contributed by atoms with Crippen molar-refractivity contribution < 1.29 is 4.79 Å². The Morgan fingerprint density at radius 2 is 2.19 bits per heavy atom. The lowest BCUT2D eigenvalue weighted by atomic mass is 9.92. The van der Waals surface area contributed by atoms with Crippen molar-refractivity contribution in [2.75, 3.05) is 25.0 Å². The van der Waals surface area contributed by atoms with E-state index in [1.807, 2.05) is 4.90 Å². The van der Waals surface area contributed by atoms with Gasteiger partial charge in [-0.05, 0) is 59.5 Å². The van der Waals surface area contributed by atoms with Crippen LogP contribution in [0.2, 0.25) is 0 Å². The molecule has 0 spiro atoms. The van der Waals surface area contributed by atoms with E-state index in [4.69, 9.17) is 0 Å². The first-order valence-electron chi connectivity index (χ1n) is 9.13. The van der Waals surface area contributed by atoms with Gasteiger partial charge in [-0.15, -0.1) is 0 Å². The molecule has 2 aromatic heterocycles. The van der Waals surface area contributed by atoms with Crippen molar-refractivity contribution in [3.05, 3.63) is 58.0 Å². The van der Waals surface area contributed by atoms with Crippen molar-refractivity contribution >= 4 is 33.2 Å². The number of hydrogen-bond acceptors (Lipinski definition) is 4. The second-order valence-electron chi connectivity index (χ2n) is 6.93. The Bertz CT molecular complexity index is 1010. The van der Waals surface area contributed by atoms with Crippen LogP contribution in [0.1, 0.15) is 41.5 Å². The lowest BCUT2D eigenvalue weighted by Crippen LogP contribution is -2.39. The van der Waals surface area contributed by atoms with Crippen LogP contribution in [0.15, 0.2) is 41.1 Å². The van der Waals surface area contributed by atoms with Crippen LogP contribution in [0.25, 0.3) is 5.65 Å². The van der Waals surface area contributed by atoms with Crippen molar-refractivity contribution in [2.45, 2.75) is 26.3 Å². The minimum atomic E-state index is -0.0518. The minimum absolute atomic E-state index is 0.0102. The van der Waals surface area contributed by atoms with Crippen molar-refractivity contribution in [1.29, 1.82) is 0 Å². The Balaban J connectivity index is 1.65. The van der Waals surface area contributed by atoms with E-state index in [9.17, 15) is 4.79 Å². The average molecular weight is 428 g/mol. The van der Waals surface area contributed by atoms with Gasteiger partial charge in [0.25, 0.3) is 5.91 Å². The molecule has 0 N–H and O–H groups in total. The van der Waals surface area contributed by atoms with Crippen LogP contribution in [-0.4, -0.2) is 45.5 Å². The molecular weight excluding hydrogens is 406 g/mol. The maximum Gasteiger partial charge on any atom is 0.274 e. The summed E-state index contributed by atoms with van der Waals surface area (Å²) in [5.74, 6) is -0.0518. The van der Waals surface area contributed by atoms with Gasteiger partial charge in [-0.25, -0.2) is 9.50 Å². The quantitative estimate of drug-likeness (QED) is 0.639. The molecule has 1 unspecified atom stereocenters. The summed E-state index contributed by atoms with van der Waals surface area (Å²) in [7, 11) is 2.08. The van der Waals surface area contributed by atoms with Gasteiger partial charge in [0.05, 0.1) is 10.5 Å². The van der Waals surface area contributed by atoms with E-state index in [2.05, 4.69) is 70.0 Å². The van der Waals surface area contributed by atoms with E-state index in [1.165, 1.54) is 16.8 Å². The Labute approximate surface area is 166 Å². The van der Waals surface area contributed by atoms with Gasteiger partial charge in [-0.2, -0.15) is 5.10 Å². The first-order valence-corrected chi connectivity index (χ1v) is 9.93. The number of fused-ring (bicyclic) bond motifs is 2. The highest BCUT2D eigenvalue weighted by Crippen LogP contribution is 2.33. The summed E-state index contributed by atoms with van der Waals surface area (Å²) >= 11 is 3.38. The van der Waals surface area contributed by atoms with Gasteiger partial charge < -0.3 is 9.80 Å². The van der Waals surface area contributed by atoms with Gasteiger partial charge in [0.1, 0.15) is 0 Å². The lowest BCUT2D eigenvalue weighted by molar-refractivity contribution is 0.0671. The van der Waals surface area contributed by atoms with Crippen LogP contribution in [-0.2, 0) is 6.42 Å². The fourth-order valence-electron chi connectivity index (χ4n) is 3.60. The Kier molecular flexibility index (Phi) is 4.63. The van der Waals surface area contributed by atoms with Gasteiger partial charge in [0.2, 0.25) is 0 Å². The highest BCUT2D eigenvalue weighted by atomic mass is 79.9. The fraction of sp³-hybridized carbons (Fsp3) is 0.350. The van der Waals surface area contributed by atoms with Crippen LogP contribution < -0.4 is 4.90 Å². The van der Waals surface area contributed by atoms with Crippen molar-refractivity contribution in [3.8, 4) is 0 Å². The normalized spacial score (nSPS) is 16.4. The van der Waals surface area contributed by atoms with Crippen LogP contribution in [0.5, 0.6) is 0 Å². The van der Waals surface area contributed by atoms with E-state index in [-0.39, 0.29) is 11.9 Å². The predicted molar refractivity (Wildman–Crippen MR) is 109 cm³/mol. The smallest absolute Gasteiger partial charge is 0.274 e. The number of rotatable bonds is 3. The third kappa shape index (κ3) is 3.20. The van der Waals surface area contributed by atoms with Gasteiger partial charge in [0, 0.05) is 44.3 Å². The van der Waals surface area contributed by atoms with E-state index in [1.54, 1.807) is 23.0 Å². The molecule has 1 aliphatic heterocycles. The molecule has 27 heavy (non-hydrogen) atoms. The number of benzene rings is 1. The van der Waals surface area contributed by atoms with Gasteiger partial charge >= 0.3 is 0 Å². The van der Waals surface area contributed by atoms with Crippen molar-refractivity contribution in [3.63, 3.8) is 0 Å². The van der Waals surface area contributed by atoms with Gasteiger partial charge in [0.15, 0.2) is 11.3 Å². The number of halogens is 1. The van der Waals surface area contributed by atoms with E-state index < -0.39 is 0 Å². The Morgan fingerprint density at radius 3 is 2.96 bits per heavy atom. The van der Waals surface area contributed by atoms with Crippen molar-refractivity contribution in [2.24, 2.45) is 0 Å². The highest BCUT2D eigenvalue weighted by molar-refractivity contribution is 9.10. The van der Waals surface area contributed by atoms with Crippen LogP contribution >= 0.6 is 15.9 Å². The molecule has 3 heterocycles. The average Bonchev–Trinajstić information content (AvgIpc) is 3.10. The van der Waals surface area contributed by atoms with Crippen LogP contribution in [0.4, 0.5) is 5.69 Å². The molecule has 7 heteroatoms. The number of carbonyl (C=O) groups excluding carboxylic acids is 1. The Morgan fingerprint density at radius 1 is 1.37 bits per heavy atom.